The maximum Gasteiger partial charge on any atom is 0.186 e. The molecule has 2 heterocycles. The van der Waals surface area contributed by atoms with E-state index in [-0.39, 0.29) is 6.04 Å². The lowest BCUT2D eigenvalue weighted by molar-refractivity contribution is 0.498. The van der Waals surface area contributed by atoms with Crippen LogP contribution in [0, 0.1) is 11.3 Å². The second-order valence-corrected chi connectivity index (χ2v) is 5.07. The lowest BCUT2D eigenvalue weighted by Gasteiger charge is -2.09. The van der Waals surface area contributed by atoms with Gasteiger partial charge in [-0.3, -0.25) is 0 Å². The van der Waals surface area contributed by atoms with Gasteiger partial charge < -0.3 is 4.98 Å². The molecule has 0 aliphatic carbocycles. The molecule has 5 nitrogen and oxygen atoms in total. The van der Waals surface area contributed by atoms with Crippen molar-refractivity contribution in [3.63, 3.8) is 0 Å². The summed E-state index contributed by atoms with van der Waals surface area (Å²) >= 11 is 0. The fraction of sp³-hybridized carbons (Fsp3) is 0.267. The van der Waals surface area contributed by atoms with Gasteiger partial charge in [0.25, 0.3) is 0 Å². The van der Waals surface area contributed by atoms with Crippen molar-refractivity contribution in [2.24, 2.45) is 0 Å². The Balaban J connectivity index is 2.07. The SMILES string of the molecule is CC(C)n1nnc(C#N)c1Cc1c[nH]c2ccccc12. The number of nitrogens with one attached hydrogen (secondary N) is 1. The number of aromatic amines is 1. The van der Waals surface area contributed by atoms with Crippen LogP contribution in [0.3, 0.4) is 0 Å². The Hall–Kier alpha value is -2.61. The highest BCUT2D eigenvalue weighted by Crippen LogP contribution is 2.22. The van der Waals surface area contributed by atoms with E-state index in [0.717, 1.165) is 16.8 Å². The smallest absolute Gasteiger partial charge is 0.186 e. The van der Waals surface area contributed by atoms with Gasteiger partial charge in [0.05, 0.1) is 5.69 Å². The van der Waals surface area contributed by atoms with Gasteiger partial charge in [-0.05, 0) is 25.5 Å². The van der Waals surface area contributed by atoms with Crippen LogP contribution in [-0.4, -0.2) is 20.0 Å². The first-order valence-electron chi connectivity index (χ1n) is 6.60. The molecule has 0 amide bonds. The van der Waals surface area contributed by atoms with E-state index in [4.69, 9.17) is 0 Å². The van der Waals surface area contributed by atoms with Gasteiger partial charge in [0, 0.05) is 29.6 Å². The van der Waals surface area contributed by atoms with Crippen LogP contribution in [0.25, 0.3) is 10.9 Å². The van der Waals surface area contributed by atoms with Crippen molar-refractivity contribution in [2.45, 2.75) is 26.3 Å². The summed E-state index contributed by atoms with van der Waals surface area (Å²) in [5, 5.41) is 18.4. The van der Waals surface area contributed by atoms with E-state index < -0.39 is 0 Å². The highest BCUT2D eigenvalue weighted by molar-refractivity contribution is 5.83. The van der Waals surface area contributed by atoms with E-state index in [1.807, 2.05) is 42.9 Å². The van der Waals surface area contributed by atoms with Crippen molar-refractivity contribution in [3.05, 3.63) is 47.4 Å². The summed E-state index contributed by atoms with van der Waals surface area (Å²) in [4.78, 5) is 3.25. The quantitative estimate of drug-likeness (QED) is 0.791. The minimum absolute atomic E-state index is 0.185. The van der Waals surface area contributed by atoms with E-state index in [0.29, 0.717) is 12.1 Å². The van der Waals surface area contributed by atoms with Crippen LogP contribution in [0.5, 0.6) is 0 Å². The lowest BCUT2D eigenvalue weighted by Crippen LogP contribution is -2.08. The Morgan fingerprint density at radius 2 is 2.15 bits per heavy atom. The van der Waals surface area contributed by atoms with E-state index in [1.165, 1.54) is 5.39 Å². The van der Waals surface area contributed by atoms with Crippen LogP contribution < -0.4 is 0 Å². The number of para-hydroxylation sites is 1. The molecule has 5 heteroatoms. The Labute approximate surface area is 116 Å². The third-order valence-corrected chi connectivity index (χ3v) is 3.42. The van der Waals surface area contributed by atoms with Crippen molar-refractivity contribution in [1.29, 1.82) is 5.26 Å². The third-order valence-electron chi connectivity index (χ3n) is 3.42. The predicted molar refractivity (Wildman–Crippen MR) is 76.2 cm³/mol. The van der Waals surface area contributed by atoms with Crippen molar-refractivity contribution in [1.82, 2.24) is 20.0 Å². The van der Waals surface area contributed by atoms with Crippen molar-refractivity contribution >= 4 is 10.9 Å². The molecule has 0 spiro atoms. The zero-order valence-corrected chi connectivity index (χ0v) is 11.5. The molecule has 0 radical (unpaired) electrons. The number of rotatable bonds is 3. The summed E-state index contributed by atoms with van der Waals surface area (Å²) < 4.78 is 1.82. The van der Waals surface area contributed by atoms with Gasteiger partial charge in [0.2, 0.25) is 0 Å². The molecule has 0 bridgehead atoms. The summed E-state index contributed by atoms with van der Waals surface area (Å²) in [6.07, 6.45) is 2.64. The fourth-order valence-electron chi connectivity index (χ4n) is 2.44. The minimum atomic E-state index is 0.185. The topological polar surface area (TPSA) is 70.3 Å². The first-order valence-corrected chi connectivity index (χ1v) is 6.60. The predicted octanol–water partition coefficient (Wildman–Crippen LogP) is 2.80. The average Bonchev–Trinajstić information content (AvgIpc) is 3.04. The number of hydrogen-bond acceptors (Lipinski definition) is 3. The highest BCUT2D eigenvalue weighted by atomic mass is 15.4. The monoisotopic (exact) mass is 265 g/mol. The Kier molecular flexibility index (Phi) is 2.99. The molecule has 0 atom stereocenters. The first-order chi connectivity index (χ1) is 9.70. The molecular formula is C15H15N5. The van der Waals surface area contributed by atoms with Crippen LogP contribution in [0.2, 0.25) is 0 Å². The molecule has 2 aromatic heterocycles. The van der Waals surface area contributed by atoms with Crippen LogP contribution >= 0.6 is 0 Å². The fourth-order valence-corrected chi connectivity index (χ4v) is 2.44. The Bertz CT molecular complexity index is 788. The summed E-state index contributed by atoms with van der Waals surface area (Å²) in [6.45, 7) is 4.07. The number of aromatic nitrogens is 4. The normalized spacial score (nSPS) is 11.1. The minimum Gasteiger partial charge on any atom is -0.361 e. The second kappa shape index (κ2) is 4.82. The van der Waals surface area contributed by atoms with E-state index in [1.54, 1.807) is 0 Å². The second-order valence-electron chi connectivity index (χ2n) is 5.07. The standard InChI is InChI=1S/C15H15N5/c1-10(2)20-15(14(8-16)18-19-20)7-11-9-17-13-6-4-3-5-12(11)13/h3-6,9-10,17H,7H2,1-2H3. The maximum atomic E-state index is 9.18. The number of nitrogens with zero attached hydrogens (tertiary/aromatic N) is 4. The number of benzene rings is 1. The number of fused-ring (bicyclic) bond motifs is 1. The summed E-state index contributed by atoms with van der Waals surface area (Å²) in [6, 6.07) is 10.5. The van der Waals surface area contributed by atoms with Crippen LogP contribution in [0.1, 0.15) is 36.8 Å². The summed E-state index contributed by atoms with van der Waals surface area (Å²) in [5.74, 6) is 0. The zero-order valence-electron chi connectivity index (χ0n) is 11.5. The van der Waals surface area contributed by atoms with Crippen molar-refractivity contribution < 1.29 is 0 Å². The molecule has 0 unspecified atom stereocenters. The van der Waals surface area contributed by atoms with Gasteiger partial charge in [0.15, 0.2) is 5.69 Å². The molecular weight excluding hydrogens is 250 g/mol. The molecule has 100 valence electrons. The highest BCUT2D eigenvalue weighted by Gasteiger charge is 2.16. The molecule has 0 fully saturated rings. The zero-order chi connectivity index (χ0) is 14.1. The van der Waals surface area contributed by atoms with Gasteiger partial charge >= 0.3 is 0 Å². The van der Waals surface area contributed by atoms with Gasteiger partial charge in [0.1, 0.15) is 6.07 Å². The molecule has 1 aromatic carbocycles. The Morgan fingerprint density at radius 1 is 1.35 bits per heavy atom. The average molecular weight is 265 g/mol. The lowest BCUT2D eigenvalue weighted by atomic mass is 10.1. The molecule has 0 aliphatic rings. The molecule has 3 rings (SSSR count). The van der Waals surface area contributed by atoms with Gasteiger partial charge in [-0.25, -0.2) is 4.68 Å². The molecule has 3 aromatic rings. The number of hydrogen-bond donors (Lipinski definition) is 1. The Morgan fingerprint density at radius 3 is 2.90 bits per heavy atom. The van der Waals surface area contributed by atoms with Crippen LogP contribution in [-0.2, 0) is 6.42 Å². The van der Waals surface area contributed by atoms with Crippen molar-refractivity contribution in [2.75, 3.05) is 0 Å². The van der Waals surface area contributed by atoms with E-state index in [9.17, 15) is 5.26 Å². The third kappa shape index (κ3) is 1.95. The summed E-state index contributed by atoms with van der Waals surface area (Å²) in [7, 11) is 0. The van der Waals surface area contributed by atoms with Crippen LogP contribution in [0.4, 0.5) is 0 Å². The van der Waals surface area contributed by atoms with E-state index in [2.05, 4.69) is 27.4 Å². The van der Waals surface area contributed by atoms with Gasteiger partial charge in [-0.2, -0.15) is 5.26 Å². The van der Waals surface area contributed by atoms with Gasteiger partial charge in [-0.15, -0.1) is 5.10 Å². The maximum absolute atomic E-state index is 9.18. The molecule has 20 heavy (non-hydrogen) atoms. The van der Waals surface area contributed by atoms with Crippen molar-refractivity contribution in [3.8, 4) is 6.07 Å². The molecule has 0 saturated carbocycles. The number of H-pyrrole nitrogens is 1. The van der Waals surface area contributed by atoms with E-state index >= 15 is 0 Å². The van der Waals surface area contributed by atoms with Gasteiger partial charge in [-0.1, -0.05) is 23.4 Å². The van der Waals surface area contributed by atoms with Crippen LogP contribution in [0.15, 0.2) is 30.5 Å². The summed E-state index contributed by atoms with van der Waals surface area (Å²) in [5.41, 5.74) is 3.53. The first kappa shape index (κ1) is 12.4. The molecule has 1 N–H and O–H groups in total. The molecule has 0 aliphatic heterocycles. The number of nitriles is 1. The largest absolute Gasteiger partial charge is 0.361 e. The molecule has 0 saturated heterocycles.